The van der Waals surface area contributed by atoms with Crippen molar-refractivity contribution < 1.29 is 5.11 Å². The quantitative estimate of drug-likeness (QED) is 0.750. The van der Waals surface area contributed by atoms with E-state index in [-0.39, 0.29) is 12.4 Å². The lowest BCUT2D eigenvalue weighted by atomic mass is 9.90. The van der Waals surface area contributed by atoms with Gasteiger partial charge in [0.25, 0.3) is 0 Å². The molecular formula is C11H16ClNO. The van der Waals surface area contributed by atoms with Gasteiger partial charge in [-0.3, -0.25) is 0 Å². The first-order chi connectivity index (χ1) is 6.36. The Balaban J connectivity index is 0.000000980. The maximum Gasteiger partial charge on any atom is 0.115 e. The second-order valence-electron chi connectivity index (χ2n) is 3.62. The van der Waals surface area contributed by atoms with E-state index in [0.29, 0.717) is 11.7 Å². The molecular weight excluding hydrogens is 198 g/mol. The highest BCUT2D eigenvalue weighted by Crippen LogP contribution is 2.26. The fourth-order valence-electron chi connectivity index (χ4n) is 1.90. The number of piperidine rings is 1. The SMILES string of the molecule is Cl.Oc1ccc(C2CCNCC2)cc1. The van der Waals surface area contributed by atoms with Crippen LogP contribution in [0.1, 0.15) is 24.3 Å². The molecule has 0 amide bonds. The molecule has 0 unspecified atom stereocenters. The van der Waals surface area contributed by atoms with E-state index >= 15 is 0 Å². The van der Waals surface area contributed by atoms with Crippen LogP contribution in [-0.2, 0) is 0 Å². The number of hydrogen-bond donors (Lipinski definition) is 2. The Kier molecular flexibility index (Phi) is 4.23. The third-order valence-electron chi connectivity index (χ3n) is 2.70. The van der Waals surface area contributed by atoms with E-state index in [1.54, 1.807) is 12.1 Å². The van der Waals surface area contributed by atoms with Crippen LogP contribution in [0, 0.1) is 0 Å². The number of rotatable bonds is 1. The van der Waals surface area contributed by atoms with E-state index in [1.165, 1.54) is 18.4 Å². The predicted molar refractivity (Wildman–Crippen MR) is 60.2 cm³/mol. The van der Waals surface area contributed by atoms with Gasteiger partial charge in [-0.15, -0.1) is 12.4 Å². The van der Waals surface area contributed by atoms with Gasteiger partial charge in [0.15, 0.2) is 0 Å². The van der Waals surface area contributed by atoms with E-state index in [4.69, 9.17) is 5.11 Å². The zero-order chi connectivity index (χ0) is 9.10. The van der Waals surface area contributed by atoms with Gasteiger partial charge in [-0.25, -0.2) is 0 Å². The predicted octanol–water partition coefficient (Wildman–Crippen LogP) is 2.28. The summed E-state index contributed by atoms with van der Waals surface area (Å²) in [7, 11) is 0. The summed E-state index contributed by atoms with van der Waals surface area (Å²) in [5.41, 5.74) is 1.36. The van der Waals surface area contributed by atoms with Crippen LogP contribution in [0.5, 0.6) is 5.75 Å². The van der Waals surface area contributed by atoms with Crippen LogP contribution in [0.25, 0.3) is 0 Å². The molecule has 1 saturated heterocycles. The summed E-state index contributed by atoms with van der Waals surface area (Å²) in [6.45, 7) is 2.23. The Morgan fingerprint density at radius 2 is 1.64 bits per heavy atom. The van der Waals surface area contributed by atoms with Crippen LogP contribution in [-0.4, -0.2) is 18.2 Å². The molecule has 3 heteroatoms. The van der Waals surface area contributed by atoms with Crippen molar-refractivity contribution in [2.45, 2.75) is 18.8 Å². The van der Waals surface area contributed by atoms with Gasteiger partial charge >= 0.3 is 0 Å². The second kappa shape index (κ2) is 5.23. The maximum absolute atomic E-state index is 9.14. The lowest BCUT2D eigenvalue weighted by Gasteiger charge is -2.22. The molecule has 1 aromatic rings. The number of halogens is 1. The summed E-state index contributed by atoms with van der Waals surface area (Å²) in [6, 6.07) is 7.62. The lowest BCUT2D eigenvalue weighted by Crippen LogP contribution is -2.26. The largest absolute Gasteiger partial charge is 0.508 e. The molecule has 0 aliphatic carbocycles. The van der Waals surface area contributed by atoms with Gasteiger partial charge < -0.3 is 10.4 Å². The van der Waals surface area contributed by atoms with E-state index < -0.39 is 0 Å². The van der Waals surface area contributed by atoms with Gasteiger partial charge in [-0.1, -0.05) is 12.1 Å². The van der Waals surface area contributed by atoms with Crippen molar-refractivity contribution in [3.8, 4) is 5.75 Å². The van der Waals surface area contributed by atoms with Gasteiger partial charge in [-0.2, -0.15) is 0 Å². The third-order valence-corrected chi connectivity index (χ3v) is 2.70. The van der Waals surface area contributed by atoms with Gasteiger partial charge in [-0.05, 0) is 49.5 Å². The van der Waals surface area contributed by atoms with Crippen molar-refractivity contribution in [2.24, 2.45) is 0 Å². The molecule has 78 valence electrons. The number of benzene rings is 1. The fourth-order valence-corrected chi connectivity index (χ4v) is 1.90. The topological polar surface area (TPSA) is 32.3 Å². The normalized spacial score (nSPS) is 17.4. The average molecular weight is 214 g/mol. The van der Waals surface area contributed by atoms with E-state index in [1.807, 2.05) is 12.1 Å². The number of nitrogens with one attached hydrogen (secondary N) is 1. The van der Waals surface area contributed by atoms with Crippen LogP contribution in [0.2, 0.25) is 0 Å². The average Bonchev–Trinajstić information content (AvgIpc) is 2.20. The Morgan fingerprint density at radius 1 is 1.07 bits per heavy atom. The van der Waals surface area contributed by atoms with Gasteiger partial charge in [0.05, 0.1) is 0 Å². The summed E-state index contributed by atoms with van der Waals surface area (Å²) in [6.07, 6.45) is 2.43. The van der Waals surface area contributed by atoms with E-state index in [2.05, 4.69) is 5.32 Å². The van der Waals surface area contributed by atoms with E-state index in [0.717, 1.165) is 13.1 Å². The van der Waals surface area contributed by atoms with Crippen LogP contribution >= 0.6 is 12.4 Å². The van der Waals surface area contributed by atoms with Crippen molar-refractivity contribution >= 4 is 12.4 Å². The molecule has 2 rings (SSSR count). The molecule has 14 heavy (non-hydrogen) atoms. The molecule has 0 aromatic heterocycles. The minimum absolute atomic E-state index is 0. The highest BCUT2D eigenvalue weighted by atomic mass is 35.5. The molecule has 1 aliphatic rings. The lowest BCUT2D eigenvalue weighted by molar-refractivity contribution is 0.457. The van der Waals surface area contributed by atoms with Crippen molar-refractivity contribution in [3.05, 3.63) is 29.8 Å². The van der Waals surface area contributed by atoms with Gasteiger partial charge in [0.1, 0.15) is 5.75 Å². The number of aromatic hydroxyl groups is 1. The second-order valence-corrected chi connectivity index (χ2v) is 3.62. The summed E-state index contributed by atoms with van der Waals surface area (Å²) in [5, 5.41) is 12.5. The minimum atomic E-state index is 0. The van der Waals surface area contributed by atoms with Crippen molar-refractivity contribution in [1.29, 1.82) is 0 Å². The molecule has 1 aromatic carbocycles. The molecule has 0 saturated carbocycles. The fraction of sp³-hybridized carbons (Fsp3) is 0.455. The Morgan fingerprint density at radius 3 is 2.21 bits per heavy atom. The van der Waals surface area contributed by atoms with Gasteiger partial charge in [0, 0.05) is 0 Å². The number of phenolic OH excluding ortho intramolecular Hbond substituents is 1. The molecule has 1 heterocycles. The van der Waals surface area contributed by atoms with Crippen molar-refractivity contribution in [1.82, 2.24) is 5.32 Å². The van der Waals surface area contributed by atoms with Crippen LogP contribution < -0.4 is 5.32 Å². The summed E-state index contributed by atoms with van der Waals surface area (Å²) >= 11 is 0. The molecule has 0 spiro atoms. The monoisotopic (exact) mass is 213 g/mol. The molecule has 0 bridgehead atoms. The van der Waals surface area contributed by atoms with Crippen molar-refractivity contribution in [2.75, 3.05) is 13.1 Å². The molecule has 0 atom stereocenters. The first-order valence-electron chi connectivity index (χ1n) is 4.86. The Hall–Kier alpha value is -0.730. The molecule has 2 N–H and O–H groups in total. The zero-order valence-electron chi connectivity index (χ0n) is 8.07. The standard InChI is InChI=1S/C11H15NO.ClH/c13-11-3-1-9(2-4-11)10-5-7-12-8-6-10;/h1-4,10,12-13H,5-8H2;1H. The summed E-state index contributed by atoms with van der Waals surface area (Å²) in [4.78, 5) is 0. The number of phenols is 1. The minimum Gasteiger partial charge on any atom is -0.508 e. The smallest absolute Gasteiger partial charge is 0.115 e. The van der Waals surface area contributed by atoms with Crippen LogP contribution in [0.4, 0.5) is 0 Å². The molecule has 2 nitrogen and oxygen atoms in total. The summed E-state index contributed by atoms with van der Waals surface area (Å²) < 4.78 is 0. The van der Waals surface area contributed by atoms with Gasteiger partial charge in [0.2, 0.25) is 0 Å². The summed E-state index contributed by atoms with van der Waals surface area (Å²) in [5.74, 6) is 1.04. The molecule has 0 radical (unpaired) electrons. The van der Waals surface area contributed by atoms with Crippen LogP contribution in [0.15, 0.2) is 24.3 Å². The van der Waals surface area contributed by atoms with Crippen molar-refractivity contribution in [3.63, 3.8) is 0 Å². The first kappa shape index (κ1) is 11.3. The molecule has 1 aliphatic heterocycles. The number of hydrogen-bond acceptors (Lipinski definition) is 2. The van der Waals surface area contributed by atoms with Crippen LogP contribution in [0.3, 0.4) is 0 Å². The zero-order valence-corrected chi connectivity index (χ0v) is 8.89. The third kappa shape index (κ3) is 2.63. The molecule has 1 fully saturated rings. The van der Waals surface area contributed by atoms with E-state index in [9.17, 15) is 0 Å². The highest BCUT2D eigenvalue weighted by Gasteiger charge is 2.14. The maximum atomic E-state index is 9.14. The highest BCUT2D eigenvalue weighted by molar-refractivity contribution is 5.85. The Labute approximate surface area is 90.7 Å². The Bertz CT molecular complexity index is 267. The first-order valence-corrected chi connectivity index (χ1v) is 4.86.